The summed E-state index contributed by atoms with van der Waals surface area (Å²) in [6.45, 7) is 3.64. The molecule has 27 heavy (non-hydrogen) atoms. The second-order valence-electron chi connectivity index (χ2n) is 8.01. The van der Waals surface area contributed by atoms with Gasteiger partial charge < -0.3 is 10.6 Å². The number of anilines is 1. The number of nitrogens with zero attached hydrogens (tertiary/aromatic N) is 3. The van der Waals surface area contributed by atoms with Gasteiger partial charge in [-0.2, -0.15) is 0 Å². The standard InChI is InChI=1S/C20H26Cl2N4O/c1-13-24-17(25-10-8-20(9-11-25)7-3-6-16(20)23)12-18(27)26(13)15-5-2-4-14(21)19(15)22/h2,4-5,12,14,16,19H,3,6-11,23H2,1H3/t14?,16-,19?/m1/s1. The predicted molar refractivity (Wildman–Crippen MR) is 112 cm³/mol. The molecule has 0 aromatic carbocycles. The van der Waals surface area contributed by atoms with Crippen molar-refractivity contribution >= 4 is 34.7 Å². The molecule has 1 spiro atoms. The Bertz CT molecular complexity index is 839. The number of alkyl halides is 2. The molecular formula is C20H26Cl2N4O. The van der Waals surface area contributed by atoms with Crippen LogP contribution in [0.3, 0.4) is 0 Å². The smallest absolute Gasteiger partial charge is 0.259 e. The van der Waals surface area contributed by atoms with Crippen LogP contribution < -0.4 is 16.2 Å². The predicted octanol–water partition coefficient (Wildman–Crippen LogP) is 3.28. The van der Waals surface area contributed by atoms with Crippen LogP contribution in [0.5, 0.6) is 0 Å². The third kappa shape index (κ3) is 3.34. The summed E-state index contributed by atoms with van der Waals surface area (Å²) in [4.78, 5) is 19.8. The highest BCUT2D eigenvalue weighted by molar-refractivity contribution is 6.34. The van der Waals surface area contributed by atoms with Crippen molar-refractivity contribution in [3.63, 3.8) is 0 Å². The van der Waals surface area contributed by atoms with E-state index in [0.29, 0.717) is 23.0 Å². The fourth-order valence-corrected chi connectivity index (χ4v) is 5.30. The molecule has 0 radical (unpaired) electrons. The van der Waals surface area contributed by atoms with Crippen LogP contribution in [-0.4, -0.2) is 39.4 Å². The molecule has 2 N–H and O–H groups in total. The zero-order valence-corrected chi connectivity index (χ0v) is 17.1. The van der Waals surface area contributed by atoms with Crippen molar-refractivity contribution in [2.75, 3.05) is 18.0 Å². The summed E-state index contributed by atoms with van der Waals surface area (Å²) < 4.78 is 1.57. The lowest BCUT2D eigenvalue weighted by Gasteiger charge is -2.42. The minimum absolute atomic E-state index is 0.119. The number of nitrogens with two attached hydrogens (primary N) is 1. The summed E-state index contributed by atoms with van der Waals surface area (Å²) in [5, 5.41) is -0.800. The highest BCUT2D eigenvalue weighted by Gasteiger charge is 2.43. The average molecular weight is 409 g/mol. The van der Waals surface area contributed by atoms with Crippen molar-refractivity contribution in [3.8, 4) is 0 Å². The average Bonchev–Trinajstić information content (AvgIpc) is 2.98. The maximum Gasteiger partial charge on any atom is 0.259 e. The summed E-state index contributed by atoms with van der Waals surface area (Å²) in [6, 6.07) is 1.93. The topological polar surface area (TPSA) is 64.2 Å². The van der Waals surface area contributed by atoms with Crippen LogP contribution >= 0.6 is 23.2 Å². The molecule has 4 rings (SSSR count). The maximum absolute atomic E-state index is 12.9. The van der Waals surface area contributed by atoms with Crippen molar-refractivity contribution in [1.29, 1.82) is 0 Å². The van der Waals surface area contributed by atoms with Gasteiger partial charge in [0.25, 0.3) is 5.56 Å². The van der Waals surface area contributed by atoms with E-state index in [2.05, 4.69) is 4.90 Å². The van der Waals surface area contributed by atoms with Gasteiger partial charge in [-0.3, -0.25) is 9.36 Å². The Morgan fingerprint density at radius 3 is 2.63 bits per heavy atom. The molecule has 1 saturated heterocycles. The second kappa shape index (κ2) is 7.26. The van der Waals surface area contributed by atoms with Gasteiger partial charge in [-0.25, -0.2) is 4.98 Å². The number of hydrogen-bond donors (Lipinski definition) is 1. The molecule has 1 aromatic heterocycles. The zero-order valence-electron chi connectivity index (χ0n) is 15.6. The highest BCUT2D eigenvalue weighted by Crippen LogP contribution is 2.45. The summed E-state index contributed by atoms with van der Waals surface area (Å²) in [7, 11) is 0. The zero-order chi connectivity index (χ0) is 19.2. The lowest BCUT2D eigenvalue weighted by atomic mass is 9.74. The fraction of sp³-hybridized carbons (Fsp3) is 0.600. The summed E-state index contributed by atoms with van der Waals surface area (Å²) in [5.74, 6) is 1.38. The Labute approximate surface area is 169 Å². The fourth-order valence-electron chi connectivity index (χ4n) is 4.84. The van der Waals surface area contributed by atoms with Crippen LogP contribution in [0.25, 0.3) is 5.70 Å². The van der Waals surface area contributed by atoms with Gasteiger partial charge in [0.2, 0.25) is 0 Å². The second-order valence-corrected chi connectivity index (χ2v) is 8.98. The third-order valence-electron chi connectivity index (χ3n) is 6.51. The van der Waals surface area contributed by atoms with Gasteiger partial charge in [0.05, 0.1) is 10.8 Å². The molecule has 5 nitrogen and oxygen atoms in total. The van der Waals surface area contributed by atoms with E-state index in [9.17, 15) is 4.79 Å². The van der Waals surface area contributed by atoms with Gasteiger partial charge >= 0.3 is 0 Å². The van der Waals surface area contributed by atoms with E-state index >= 15 is 0 Å². The quantitative estimate of drug-likeness (QED) is 0.762. The first-order chi connectivity index (χ1) is 12.9. The van der Waals surface area contributed by atoms with Gasteiger partial charge in [-0.05, 0) is 44.1 Å². The summed E-state index contributed by atoms with van der Waals surface area (Å²) in [5.41, 5.74) is 7.23. The van der Waals surface area contributed by atoms with Crippen molar-refractivity contribution in [2.45, 2.75) is 55.8 Å². The summed E-state index contributed by atoms with van der Waals surface area (Å²) >= 11 is 12.6. The Kier molecular flexibility index (Phi) is 5.12. The van der Waals surface area contributed by atoms with Crippen LogP contribution in [0.15, 0.2) is 29.1 Å². The first-order valence-corrected chi connectivity index (χ1v) is 10.6. The Balaban J connectivity index is 1.57. The largest absolute Gasteiger partial charge is 0.356 e. The van der Waals surface area contributed by atoms with E-state index < -0.39 is 5.38 Å². The van der Waals surface area contributed by atoms with E-state index in [1.165, 1.54) is 12.8 Å². The van der Waals surface area contributed by atoms with E-state index in [1.54, 1.807) is 10.6 Å². The van der Waals surface area contributed by atoms with E-state index in [4.69, 9.17) is 33.9 Å². The third-order valence-corrected chi connectivity index (χ3v) is 7.54. The monoisotopic (exact) mass is 408 g/mol. The molecular weight excluding hydrogens is 383 g/mol. The highest BCUT2D eigenvalue weighted by atomic mass is 35.5. The number of aryl methyl sites for hydroxylation is 1. The van der Waals surface area contributed by atoms with Crippen molar-refractivity contribution in [3.05, 3.63) is 40.5 Å². The van der Waals surface area contributed by atoms with Crippen molar-refractivity contribution in [2.24, 2.45) is 11.1 Å². The van der Waals surface area contributed by atoms with Crippen LogP contribution in [0.1, 0.15) is 37.9 Å². The SMILES string of the molecule is Cc1nc(N2CCC3(CCC[C@H]3N)CC2)cc(=O)n1C1=CC=CC(Cl)C1Cl. The number of allylic oxidation sites excluding steroid dienone is 4. The molecule has 146 valence electrons. The molecule has 0 amide bonds. The normalized spacial score (nSPS) is 30.0. The molecule has 2 heterocycles. The van der Waals surface area contributed by atoms with Crippen molar-refractivity contribution in [1.82, 2.24) is 9.55 Å². The Morgan fingerprint density at radius 1 is 1.26 bits per heavy atom. The molecule has 2 fully saturated rings. The Hall–Kier alpha value is -1.30. The minimum Gasteiger partial charge on any atom is -0.356 e. The van der Waals surface area contributed by atoms with Gasteiger partial charge in [0.15, 0.2) is 0 Å². The molecule has 3 aliphatic rings. The lowest BCUT2D eigenvalue weighted by molar-refractivity contribution is 0.197. The van der Waals surface area contributed by atoms with Crippen LogP contribution in [-0.2, 0) is 0 Å². The van der Waals surface area contributed by atoms with Gasteiger partial charge in [-0.1, -0.05) is 18.6 Å². The van der Waals surface area contributed by atoms with Gasteiger partial charge in [-0.15, -0.1) is 23.2 Å². The Morgan fingerprint density at radius 2 is 2.00 bits per heavy atom. The molecule has 7 heteroatoms. The van der Waals surface area contributed by atoms with Crippen molar-refractivity contribution < 1.29 is 0 Å². The summed E-state index contributed by atoms with van der Waals surface area (Å²) in [6.07, 6.45) is 11.2. The van der Waals surface area contributed by atoms with E-state index in [1.807, 2.05) is 25.2 Å². The van der Waals surface area contributed by atoms with E-state index in [-0.39, 0.29) is 10.9 Å². The van der Waals surface area contributed by atoms with Crippen LogP contribution in [0.4, 0.5) is 5.82 Å². The molecule has 0 bridgehead atoms. The molecule has 2 unspecified atom stereocenters. The maximum atomic E-state index is 12.9. The number of piperidine rings is 1. The van der Waals surface area contributed by atoms with Gasteiger partial charge in [0, 0.05) is 30.9 Å². The van der Waals surface area contributed by atoms with E-state index in [0.717, 1.165) is 38.2 Å². The molecule has 1 aromatic rings. The number of hydrogen-bond acceptors (Lipinski definition) is 4. The van der Waals surface area contributed by atoms with Crippen LogP contribution in [0.2, 0.25) is 0 Å². The van der Waals surface area contributed by atoms with Gasteiger partial charge in [0.1, 0.15) is 11.6 Å². The molecule has 3 atom stereocenters. The number of aromatic nitrogens is 2. The van der Waals surface area contributed by atoms with Crippen LogP contribution in [0, 0.1) is 12.3 Å². The first kappa shape index (κ1) is 19.0. The first-order valence-electron chi connectivity index (χ1n) is 9.69. The lowest BCUT2D eigenvalue weighted by Crippen LogP contribution is -2.47. The number of halogens is 2. The molecule has 1 saturated carbocycles. The molecule has 1 aliphatic heterocycles. The number of rotatable bonds is 2. The minimum atomic E-state index is -0.459. The molecule has 2 aliphatic carbocycles.